The summed E-state index contributed by atoms with van der Waals surface area (Å²) >= 11 is 2.01. The lowest BCUT2D eigenvalue weighted by atomic mass is 10.3. The van der Waals surface area contributed by atoms with Crippen molar-refractivity contribution < 1.29 is 0 Å². The molecule has 2 aromatic heterocycles. The topological polar surface area (TPSA) is 79.7 Å². The highest BCUT2D eigenvalue weighted by Crippen LogP contribution is 2.20. The maximum absolute atomic E-state index is 11.5. The molecule has 0 fully saturated rings. The van der Waals surface area contributed by atoms with E-state index in [0.29, 0.717) is 15.9 Å². The summed E-state index contributed by atoms with van der Waals surface area (Å²) in [5.41, 5.74) is -0.109. The highest BCUT2D eigenvalue weighted by molar-refractivity contribution is 14.1. The fraction of sp³-hybridized carbons (Fsp3) is 0.333. The van der Waals surface area contributed by atoms with E-state index in [4.69, 9.17) is 0 Å². The molecule has 0 saturated carbocycles. The van der Waals surface area contributed by atoms with Crippen molar-refractivity contribution in [3.05, 3.63) is 32.4 Å². The van der Waals surface area contributed by atoms with Gasteiger partial charge in [0.1, 0.15) is 15.7 Å². The van der Waals surface area contributed by atoms with Crippen LogP contribution in [0.1, 0.15) is 5.82 Å². The highest BCUT2D eigenvalue weighted by atomic mass is 127. The SMILES string of the molecule is O=c1[nH]cnc(N2CCn3cnnc3C2)c1I. The summed E-state index contributed by atoms with van der Waals surface area (Å²) in [6, 6.07) is 0. The highest BCUT2D eigenvalue weighted by Gasteiger charge is 2.21. The van der Waals surface area contributed by atoms with Gasteiger partial charge in [-0.15, -0.1) is 10.2 Å². The Balaban J connectivity index is 1.97. The van der Waals surface area contributed by atoms with Crippen LogP contribution in [0.25, 0.3) is 0 Å². The normalized spacial score (nSPS) is 14.8. The van der Waals surface area contributed by atoms with Crippen LogP contribution in [-0.4, -0.2) is 31.3 Å². The first-order valence-corrected chi connectivity index (χ1v) is 6.18. The number of nitrogens with zero attached hydrogens (tertiary/aromatic N) is 5. The average Bonchev–Trinajstić information content (AvgIpc) is 2.79. The van der Waals surface area contributed by atoms with Gasteiger partial charge in [0.25, 0.3) is 5.56 Å². The van der Waals surface area contributed by atoms with E-state index < -0.39 is 0 Å². The van der Waals surface area contributed by atoms with Crippen LogP contribution < -0.4 is 10.5 Å². The molecule has 3 rings (SSSR count). The molecule has 17 heavy (non-hydrogen) atoms. The van der Waals surface area contributed by atoms with Crippen molar-refractivity contribution in [2.45, 2.75) is 13.1 Å². The van der Waals surface area contributed by atoms with E-state index in [1.54, 1.807) is 6.33 Å². The Bertz CT molecular complexity index is 606. The minimum atomic E-state index is -0.109. The van der Waals surface area contributed by atoms with E-state index in [9.17, 15) is 4.79 Å². The number of hydrogen-bond donors (Lipinski definition) is 1. The zero-order chi connectivity index (χ0) is 11.8. The van der Waals surface area contributed by atoms with Gasteiger partial charge in [0, 0.05) is 13.1 Å². The van der Waals surface area contributed by atoms with Crippen LogP contribution in [0.15, 0.2) is 17.4 Å². The second-order valence-electron chi connectivity index (χ2n) is 3.73. The first-order valence-electron chi connectivity index (χ1n) is 5.10. The fourth-order valence-electron chi connectivity index (χ4n) is 1.84. The van der Waals surface area contributed by atoms with Crippen LogP contribution >= 0.6 is 22.6 Å². The molecule has 0 saturated heterocycles. The lowest BCUT2D eigenvalue weighted by Gasteiger charge is -2.28. The lowest BCUT2D eigenvalue weighted by molar-refractivity contribution is 0.554. The number of H-pyrrole nitrogens is 1. The van der Waals surface area contributed by atoms with Gasteiger partial charge in [-0.05, 0) is 22.6 Å². The molecule has 0 bridgehead atoms. The summed E-state index contributed by atoms with van der Waals surface area (Å²) in [5, 5.41) is 7.91. The Hall–Kier alpha value is -1.45. The van der Waals surface area contributed by atoms with Gasteiger partial charge >= 0.3 is 0 Å². The van der Waals surface area contributed by atoms with Crippen molar-refractivity contribution in [2.75, 3.05) is 11.4 Å². The van der Waals surface area contributed by atoms with Crippen molar-refractivity contribution in [3.63, 3.8) is 0 Å². The molecule has 7 nitrogen and oxygen atoms in total. The lowest BCUT2D eigenvalue weighted by Crippen LogP contribution is -2.35. The van der Waals surface area contributed by atoms with Crippen LogP contribution in [0.2, 0.25) is 0 Å². The Kier molecular flexibility index (Phi) is 2.57. The standard InChI is InChI=1S/C9H9IN6O/c10-7-8(11-4-12-9(7)17)15-1-2-16-5-13-14-6(16)3-15/h4-5H,1-3H2,(H,11,12,17). The number of rotatable bonds is 1. The zero-order valence-electron chi connectivity index (χ0n) is 8.80. The van der Waals surface area contributed by atoms with Gasteiger partial charge in [-0.2, -0.15) is 0 Å². The fourth-order valence-corrected chi connectivity index (χ4v) is 2.48. The van der Waals surface area contributed by atoms with E-state index in [1.807, 2.05) is 32.1 Å². The second kappa shape index (κ2) is 4.09. The van der Waals surface area contributed by atoms with Crippen LogP contribution in [0.4, 0.5) is 5.82 Å². The van der Waals surface area contributed by atoms with Crippen LogP contribution in [0.3, 0.4) is 0 Å². The molecule has 0 aliphatic carbocycles. The minimum absolute atomic E-state index is 0.109. The van der Waals surface area contributed by atoms with Gasteiger partial charge in [0.15, 0.2) is 5.82 Å². The molecular weight excluding hydrogens is 335 g/mol. The number of hydrogen-bond acceptors (Lipinski definition) is 5. The number of anilines is 1. The van der Waals surface area contributed by atoms with E-state index >= 15 is 0 Å². The molecule has 88 valence electrons. The molecule has 2 aromatic rings. The first-order chi connectivity index (χ1) is 8.25. The molecule has 3 heterocycles. The Morgan fingerprint density at radius 2 is 2.29 bits per heavy atom. The zero-order valence-corrected chi connectivity index (χ0v) is 11.0. The molecule has 1 N–H and O–H groups in total. The summed E-state index contributed by atoms with van der Waals surface area (Å²) in [5.74, 6) is 1.61. The van der Waals surface area contributed by atoms with Gasteiger partial charge in [-0.25, -0.2) is 4.98 Å². The van der Waals surface area contributed by atoms with E-state index in [0.717, 1.165) is 18.9 Å². The van der Waals surface area contributed by atoms with Gasteiger partial charge < -0.3 is 14.5 Å². The Labute approximate surface area is 110 Å². The number of aromatic nitrogens is 5. The van der Waals surface area contributed by atoms with E-state index in [-0.39, 0.29) is 5.56 Å². The van der Waals surface area contributed by atoms with Crippen molar-refractivity contribution in [1.82, 2.24) is 24.7 Å². The van der Waals surface area contributed by atoms with Crippen molar-refractivity contribution in [2.24, 2.45) is 0 Å². The molecule has 8 heteroatoms. The molecule has 0 amide bonds. The third-order valence-corrected chi connectivity index (χ3v) is 3.69. The monoisotopic (exact) mass is 344 g/mol. The number of halogens is 1. The molecule has 1 aliphatic rings. The number of fused-ring (bicyclic) bond motifs is 1. The van der Waals surface area contributed by atoms with Crippen LogP contribution in [-0.2, 0) is 13.1 Å². The molecule has 0 spiro atoms. The molecule has 0 aromatic carbocycles. The van der Waals surface area contributed by atoms with Crippen LogP contribution in [0, 0.1) is 3.57 Å². The predicted octanol–water partition coefficient (Wildman–Crippen LogP) is -0.0138. The predicted molar refractivity (Wildman–Crippen MR) is 68.6 cm³/mol. The third kappa shape index (κ3) is 1.81. The smallest absolute Gasteiger partial charge is 0.266 e. The van der Waals surface area contributed by atoms with E-state index in [2.05, 4.69) is 20.2 Å². The Morgan fingerprint density at radius 1 is 1.41 bits per heavy atom. The minimum Gasteiger partial charge on any atom is -0.346 e. The average molecular weight is 344 g/mol. The van der Waals surface area contributed by atoms with Gasteiger partial charge in [0.2, 0.25) is 0 Å². The number of nitrogens with one attached hydrogen (secondary N) is 1. The molecule has 0 atom stereocenters. The van der Waals surface area contributed by atoms with Crippen LogP contribution in [0.5, 0.6) is 0 Å². The summed E-state index contributed by atoms with van der Waals surface area (Å²) in [6.07, 6.45) is 3.15. The summed E-state index contributed by atoms with van der Waals surface area (Å²) < 4.78 is 2.62. The van der Waals surface area contributed by atoms with Crippen molar-refractivity contribution in [3.8, 4) is 0 Å². The summed E-state index contributed by atoms with van der Waals surface area (Å²) in [6.45, 7) is 2.25. The van der Waals surface area contributed by atoms with Crippen molar-refractivity contribution in [1.29, 1.82) is 0 Å². The maximum atomic E-state index is 11.5. The second-order valence-corrected chi connectivity index (χ2v) is 4.81. The van der Waals surface area contributed by atoms with Gasteiger partial charge in [-0.1, -0.05) is 0 Å². The summed E-state index contributed by atoms with van der Waals surface area (Å²) in [7, 11) is 0. The van der Waals surface area contributed by atoms with Gasteiger partial charge in [0.05, 0.1) is 12.9 Å². The van der Waals surface area contributed by atoms with E-state index in [1.165, 1.54) is 6.33 Å². The molecule has 0 unspecified atom stereocenters. The van der Waals surface area contributed by atoms with Crippen molar-refractivity contribution >= 4 is 28.4 Å². The molecule has 0 radical (unpaired) electrons. The van der Waals surface area contributed by atoms with Gasteiger partial charge in [-0.3, -0.25) is 4.79 Å². The number of aromatic amines is 1. The first kappa shape index (κ1) is 10.7. The molecule has 1 aliphatic heterocycles. The maximum Gasteiger partial charge on any atom is 0.266 e. The quantitative estimate of drug-likeness (QED) is 0.736. The summed E-state index contributed by atoms with van der Waals surface area (Å²) in [4.78, 5) is 20.3. The third-order valence-electron chi connectivity index (χ3n) is 2.72. The Morgan fingerprint density at radius 3 is 3.18 bits per heavy atom. The molecular formula is C9H9IN6O. The largest absolute Gasteiger partial charge is 0.346 e.